The molecular weight excluding hydrogens is 384 g/mol. The third-order valence-corrected chi connectivity index (χ3v) is 5.30. The molecule has 1 fully saturated rings. The normalized spacial score (nSPS) is 15.9. The molecule has 162 valence electrons. The fourth-order valence-corrected chi connectivity index (χ4v) is 3.32. The Morgan fingerprint density at radius 2 is 1.86 bits per heavy atom. The number of carboxylic acid groups (broad SMARTS) is 1. The number of ether oxygens (including phenoxy) is 2. The minimum atomic E-state index is -1.09. The molecule has 0 heterocycles. The van der Waals surface area contributed by atoms with Gasteiger partial charge in [-0.15, -0.1) is 0 Å². The van der Waals surface area contributed by atoms with Gasteiger partial charge in [0.25, 0.3) is 0 Å². The van der Waals surface area contributed by atoms with E-state index >= 15 is 0 Å². The monoisotopic (exact) mass is 413 g/mol. The molecule has 29 heavy (non-hydrogen) atoms. The number of hydrogen-bond acceptors (Lipinski definition) is 6. The van der Waals surface area contributed by atoms with Crippen LogP contribution in [0.1, 0.15) is 31.2 Å². The van der Waals surface area contributed by atoms with Crippen molar-refractivity contribution in [1.82, 2.24) is 9.91 Å². The third-order valence-electron chi connectivity index (χ3n) is 5.30. The standard InChI is InChI=1S/C20H29F2N3O4/c1-24(10-12-28-3)11-13-29-16-7-6-15(17(21)18(16)22)14-23-25(2)20(19(26)27)8-4-5-9-20/h6-7,14H,4-5,8-13H2,1-3H3,(H,26,27)/b23-14+. The minimum absolute atomic E-state index is 0.0718. The Morgan fingerprint density at radius 3 is 2.48 bits per heavy atom. The van der Waals surface area contributed by atoms with Gasteiger partial charge < -0.3 is 19.5 Å². The smallest absolute Gasteiger partial charge is 0.331 e. The van der Waals surface area contributed by atoms with E-state index in [-0.39, 0.29) is 17.9 Å². The van der Waals surface area contributed by atoms with Crippen molar-refractivity contribution in [3.63, 3.8) is 0 Å². The van der Waals surface area contributed by atoms with E-state index < -0.39 is 23.1 Å². The van der Waals surface area contributed by atoms with Gasteiger partial charge in [0.2, 0.25) is 5.82 Å². The molecule has 1 aromatic rings. The average molecular weight is 413 g/mol. The van der Waals surface area contributed by atoms with Crippen LogP contribution in [0.3, 0.4) is 0 Å². The number of hydrazone groups is 1. The number of carboxylic acids is 1. The Hall–Kier alpha value is -2.26. The Bertz CT molecular complexity index is 724. The van der Waals surface area contributed by atoms with Crippen LogP contribution in [0.2, 0.25) is 0 Å². The maximum absolute atomic E-state index is 14.4. The van der Waals surface area contributed by atoms with Crippen LogP contribution in [0.15, 0.2) is 17.2 Å². The number of carbonyl (C=O) groups is 1. The van der Waals surface area contributed by atoms with E-state index in [1.165, 1.54) is 17.1 Å². The van der Waals surface area contributed by atoms with Crippen LogP contribution in [0.25, 0.3) is 0 Å². The highest BCUT2D eigenvalue weighted by Gasteiger charge is 2.45. The minimum Gasteiger partial charge on any atom is -0.489 e. The molecule has 0 amide bonds. The van der Waals surface area contributed by atoms with Crippen LogP contribution in [0, 0.1) is 11.6 Å². The van der Waals surface area contributed by atoms with Gasteiger partial charge in [0, 0.05) is 32.8 Å². The van der Waals surface area contributed by atoms with Gasteiger partial charge in [-0.2, -0.15) is 9.49 Å². The average Bonchev–Trinajstić information content (AvgIpc) is 3.20. The lowest BCUT2D eigenvalue weighted by atomic mass is 9.98. The summed E-state index contributed by atoms with van der Waals surface area (Å²) in [5.74, 6) is -3.31. The molecule has 1 saturated carbocycles. The van der Waals surface area contributed by atoms with Crippen molar-refractivity contribution in [3.05, 3.63) is 29.3 Å². The van der Waals surface area contributed by atoms with Gasteiger partial charge >= 0.3 is 5.97 Å². The summed E-state index contributed by atoms with van der Waals surface area (Å²) < 4.78 is 39.0. The quantitative estimate of drug-likeness (QED) is 0.444. The van der Waals surface area contributed by atoms with E-state index in [0.29, 0.717) is 32.5 Å². The van der Waals surface area contributed by atoms with E-state index in [1.54, 1.807) is 14.2 Å². The Kier molecular flexibility index (Phi) is 8.33. The van der Waals surface area contributed by atoms with Crippen LogP contribution in [0.4, 0.5) is 8.78 Å². The van der Waals surface area contributed by atoms with Gasteiger partial charge in [-0.1, -0.05) is 12.8 Å². The summed E-state index contributed by atoms with van der Waals surface area (Å²) in [5.41, 5.74) is -1.17. The molecule has 0 saturated heterocycles. The van der Waals surface area contributed by atoms with Crippen molar-refractivity contribution in [2.75, 3.05) is 47.5 Å². The molecule has 0 aromatic heterocycles. The number of aliphatic carboxylic acids is 1. The summed E-state index contributed by atoms with van der Waals surface area (Å²) >= 11 is 0. The van der Waals surface area contributed by atoms with E-state index in [0.717, 1.165) is 19.1 Å². The summed E-state index contributed by atoms with van der Waals surface area (Å²) in [5, 5.41) is 15.0. The van der Waals surface area contributed by atoms with Crippen molar-refractivity contribution >= 4 is 12.2 Å². The van der Waals surface area contributed by atoms with Gasteiger partial charge in [-0.05, 0) is 32.0 Å². The summed E-state index contributed by atoms with van der Waals surface area (Å²) in [4.78, 5) is 13.6. The molecular formula is C20H29F2N3O4. The summed E-state index contributed by atoms with van der Waals surface area (Å²) in [6, 6.07) is 2.71. The Balaban J connectivity index is 2.01. The molecule has 1 N–H and O–H groups in total. The first-order chi connectivity index (χ1) is 13.8. The highest BCUT2D eigenvalue weighted by Crippen LogP contribution is 2.35. The van der Waals surface area contributed by atoms with Crippen molar-refractivity contribution in [2.45, 2.75) is 31.2 Å². The first kappa shape index (κ1) is 23.0. The number of hydrogen-bond donors (Lipinski definition) is 1. The van der Waals surface area contributed by atoms with Crippen LogP contribution in [-0.4, -0.2) is 80.2 Å². The zero-order valence-electron chi connectivity index (χ0n) is 17.2. The molecule has 2 rings (SSSR count). The second kappa shape index (κ2) is 10.5. The molecule has 0 atom stereocenters. The Labute approximate surface area is 169 Å². The molecule has 1 aromatic carbocycles. The van der Waals surface area contributed by atoms with Crippen molar-refractivity contribution in [1.29, 1.82) is 0 Å². The maximum Gasteiger partial charge on any atom is 0.331 e. The van der Waals surface area contributed by atoms with Gasteiger partial charge in [0.15, 0.2) is 17.1 Å². The topological polar surface area (TPSA) is 74.6 Å². The zero-order chi connectivity index (χ0) is 21.4. The lowest BCUT2D eigenvalue weighted by molar-refractivity contribution is -0.150. The SMILES string of the molecule is COCCN(C)CCOc1ccc(/C=N/N(C)C2(C(=O)O)CCCC2)c(F)c1F. The van der Waals surface area contributed by atoms with Gasteiger partial charge in [0.1, 0.15) is 6.61 Å². The third kappa shape index (κ3) is 5.63. The maximum atomic E-state index is 14.4. The second-order valence-electron chi connectivity index (χ2n) is 7.24. The lowest BCUT2D eigenvalue weighted by Gasteiger charge is -2.32. The van der Waals surface area contributed by atoms with E-state index in [1.807, 2.05) is 11.9 Å². The molecule has 7 nitrogen and oxygen atoms in total. The first-order valence-corrected chi connectivity index (χ1v) is 9.61. The van der Waals surface area contributed by atoms with Gasteiger partial charge in [-0.3, -0.25) is 5.01 Å². The van der Waals surface area contributed by atoms with Crippen molar-refractivity contribution in [2.24, 2.45) is 5.10 Å². The summed E-state index contributed by atoms with van der Waals surface area (Å²) in [6.07, 6.45) is 3.67. The van der Waals surface area contributed by atoms with Gasteiger partial charge in [0.05, 0.1) is 12.8 Å². The second-order valence-corrected chi connectivity index (χ2v) is 7.24. The van der Waals surface area contributed by atoms with Crippen LogP contribution in [0.5, 0.6) is 5.75 Å². The molecule has 0 spiro atoms. The number of benzene rings is 1. The lowest BCUT2D eigenvalue weighted by Crippen LogP contribution is -2.48. The van der Waals surface area contributed by atoms with Crippen LogP contribution >= 0.6 is 0 Å². The van der Waals surface area contributed by atoms with Crippen LogP contribution in [-0.2, 0) is 9.53 Å². The van der Waals surface area contributed by atoms with Gasteiger partial charge in [-0.25, -0.2) is 9.18 Å². The van der Waals surface area contributed by atoms with E-state index in [4.69, 9.17) is 9.47 Å². The van der Waals surface area contributed by atoms with E-state index in [2.05, 4.69) is 5.10 Å². The fraction of sp³-hybridized carbons (Fsp3) is 0.600. The first-order valence-electron chi connectivity index (χ1n) is 9.61. The molecule has 9 heteroatoms. The van der Waals surface area contributed by atoms with Crippen molar-refractivity contribution in [3.8, 4) is 5.75 Å². The zero-order valence-corrected chi connectivity index (χ0v) is 17.2. The van der Waals surface area contributed by atoms with E-state index in [9.17, 15) is 18.7 Å². The highest BCUT2D eigenvalue weighted by atomic mass is 19.2. The fourth-order valence-electron chi connectivity index (χ4n) is 3.32. The number of methoxy groups -OCH3 is 1. The number of nitrogens with zero attached hydrogens (tertiary/aromatic N) is 3. The molecule has 1 aliphatic rings. The Morgan fingerprint density at radius 1 is 1.21 bits per heavy atom. The molecule has 1 aliphatic carbocycles. The molecule has 0 bridgehead atoms. The molecule has 0 aliphatic heterocycles. The predicted octanol–water partition coefficient (Wildman–Crippen LogP) is 2.58. The number of halogens is 2. The summed E-state index contributed by atoms with van der Waals surface area (Å²) in [7, 11) is 5.03. The largest absolute Gasteiger partial charge is 0.489 e. The number of rotatable bonds is 11. The predicted molar refractivity (Wildman–Crippen MR) is 105 cm³/mol. The highest BCUT2D eigenvalue weighted by molar-refractivity contribution is 5.82. The number of likely N-dealkylation sites (N-methyl/N-ethyl adjacent to an activating group) is 2. The van der Waals surface area contributed by atoms with Crippen molar-refractivity contribution < 1.29 is 28.2 Å². The van der Waals surface area contributed by atoms with Crippen LogP contribution < -0.4 is 4.74 Å². The summed E-state index contributed by atoms with van der Waals surface area (Å²) in [6.45, 7) is 2.02. The molecule has 0 unspecified atom stereocenters. The molecule has 0 radical (unpaired) electrons.